The number of amides is 1. The van der Waals surface area contributed by atoms with Crippen molar-refractivity contribution in [3.05, 3.63) is 35.4 Å². The minimum Gasteiger partial charge on any atom is -0.394 e. The van der Waals surface area contributed by atoms with E-state index in [0.717, 1.165) is 5.56 Å². The van der Waals surface area contributed by atoms with E-state index in [1.807, 2.05) is 0 Å². The lowest BCUT2D eigenvalue weighted by Crippen LogP contribution is -2.40. The van der Waals surface area contributed by atoms with Crippen LogP contribution in [0.3, 0.4) is 0 Å². The topological polar surface area (TPSA) is 122 Å². The average molecular weight is 296 g/mol. The molecule has 1 amide bonds. The molecule has 116 valence electrons. The molecule has 0 aromatic heterocycles. The van der Waals surface area contributed by atoms with Crippen molar-refractivity contribution >= 4 is 12.1 Å². The maximum atomic E-state index is 11.8. The molecular weight excluding hydrogens is 276 g/mol. The number of aliphatic hydroxyl groups is 4. The fourth-order valence-electron chi connectivity index (χ4n) is 1.48. The third-order valence-corrected chi connectivity index (χ3v) is 2.80. The number of aliphatic hydroxyl groups excluding tert-OH is 4. The molecule has 0 fully saturated rings. The molecule has 0 spiro atoms. The molecule has 0 saturated carbocycles. The number of carbonyl (C=O) groups is 1. The molecule has 0 bridgehead atoms. The van der Waals surface area contributed by atoms with Crippen LogP contribution in [0.1, 0.15) is 15.9 Å². The zero-order valence-corrected chi connectivity index (χ0v) is 11.5. The zero-order valence-electron chi connectivity index (χ0n) is 11.5. The lowest BCUT2D eigenvalue weighted by molar-refractivity contribution is 0.0879. The molecule has 1 rings (SSSR count). The third-order valence-electron chi connectivity index (χ3n) is 2.80. The van der Waals surface area contributed by atoms with Gasteiger partial charge in [-0.2, -0.15) is 0 Å². The highest BCUT2D eigenvalue weighted by atomic mass is 16.3. The minimum atomic E-state index is -0.686. The first-order valence-corrected chi connectivity index (χ1v) is 6.52. The predicted molar refractivity (Wildman–Crippen MR) is 77.4 cm³/mol. The van der Waals surface area contributed by atoms with Crippen molar-refractivity contribution in [1.82, 2.24) is 5.32 Å². The van der Waals surface area contributed by atoms with Crippen LogP contribution in [0.15, 0.2) is 29.3 Å². The van der Waals surface area contributed by atoms with Gasteiger partial charge in [-0.05, 0) is 17.7 Å². The van der Waals surface area contributed by atoms with E-state index in [2.05, 4.69) is 10.3 Å². The molecule has 5 N–H and O–H groups in total. The second-order valence-corrected chi connectivity index (χ2v) is 4.45. The van der Waals surface area contributed by atoms with E-state index in [-0.39, 0.29) is 26.4 Å². The van der Waals surface area contributed by atoms with Crippen molar-refractivity contribution in [3.8, 4) is 0 Å². The largest absolute Gasteiger partial charge is 0.394 e. The van der Waals surface area contributed by atoms with Crippen molar-refractivity contribution < 1.29 is 25.2 Å². The highest BCUT2D eigenvalue weighted by molar-refractivity contribution is 5.95. The summed E-state index contributed by atoms with van der Waals surface area (Å²) >= 11 is 0. The number of aliphatic imine (C=N–C) groups is 1. The highest BCUT2D eigenvalue weighted by Crippen LogP contribution is 2.04. The van der Waals surface area contributed by atoms with Crippen LogP contribution in [0.25, 0.3) is 0 Å². The van der Waals surface area contributed by atoms with Gasteiger partial charge in [0.1, 0.15) is 0 Å². The number of hydrogen-bond acceptors (Lipinski definition) is 6. The first-order valence-electron chi connectivity index (χ1n) is 6.52. The number of benzene rings is 1. The molecule has 0 aliphatic rings. The van der Waals surface area contributed by atoms with E-state index in [0.29, 0.717) is 5.56 Å². The summed E-state index contributed by atoms with van der Waals surface area (Å²) in [6.07, 6.45) is 1.50. The Morgan fingerprint density at radius 2 is 1.62 bits per heavy atom. The lowest BCUT2D eigenvalue weighted by atomic mass is 10.1. The monoisotopic (exact) mass is 296 g/mol. The molecule has 7 nitrogen and oxygen atoms in total. The van der Waals surface area contributed by atoms with Crippen LogP contribution in [0, 0.1) is 0 Å². The number of rotatable bonds is 8. The van der Waals surface area contributed by atoms with E-state index in [9.17, 15) is 4.79 Å². The summed E-state index contributed by atoms with van der Waals surface area (Å²) in [5, 5.41) is 38.1. The normalized spacial score (nSPS) is 11.5. The summed E-state index contributed by atoms with van der Waals surface area (Å²) in [7, 11) is 0. The van der Waals surface area contributed by atoms with Crippen LogP contribution in [0.4, 0.5) is 0 Å². The van der Waals surface area contributed by atoms with Gasteiger partial charge in [-0.1, -0.05) is 12.1 Å². The maximum absolute atomic E-state index is 11.8. The van der Waals surface area contributed by atoms with Gasteiger partial charge in [-0.15, -0.1) is 0 Å². The first kappa shape index (κ1) is 17.3. The summed E-state index contributed by atoms with van der Waals surface area (Å²) in [6.45, 7) is -1.15. The molecule has 21 heavy (non-hydrogen) atoms. The smallest absolute Gasteiger partial charge is 0.251 e. The minimum absolute atomic E-state index is 0.239. The van der Waals surface area contributed by atoms with Gasteiger partial charge in [-0.3, -0.25) is 9.79 Å². The summed E-state index contributed by atoms with van der Waals surface area (Å²) < 4.78 is 0. The molecule has 0 atom stereocenters. The molecule has 0 aliphatic heterocycles. The molecular formula is C14H20N2O5. The second-order valence-electron chi connectivity index (χ2n) is 4.45. The predicted octanol–water partition coefficient (Wildman–Crippen LogP) is -1.46. The quantitative estimate of drug-likeness (QED) is 0.375. The van der Waals surface area contributed by atoms with Crippen molar-refractivity contribution in [2.24, 2.45) is 4.99 Å². The van der Waals surface area contributed by atoms with Crippen LogP contribution in [-0.2, 0) is 0 Å². The molecule has 0 radical (unpaired) electrons. The number of hydrogen-bond donors (Lipinski definition) is 5. The summed E-state index contributed by atoms with van der Waals surface area (Å²) in [5.74, 6) is -0.393. The fraction of sp³-hybridized carbons (Fsp3) is 0.429. The molecule has 1 aromatic carbocycles. The van der Waals surface area contributed by atoms with Crippen molar-refractivity contribution in [2.75, 3.05) is 26.4 Å². The van der Waals surface area contributed by atoms with E-state index < -0.39 is 18.0 Å². The fourth-order valence-corrected chi connectivity index (χ4v) is 1.48. The van der Waals surface area contributed by atoms with Gasteiger partial charge in [0.05, 0.1) is 38.5 Å². The van der Waals surface area contributed by atoms with E-state index >= 15 is 0 Å². The van der Waals surface area contributed by atoms with Gasteiger partial charge in [0, 0.05) is 11.8 Å². The maximum Gasteiger partial charge on any atom is 0.251 e. The highest BCUT2D eigenvalue weighted by Gasteiger charge is 2.11. The van der Waals surface area contributed by atoms with E-state index in [1.165, 1.54) is 6.21 Å². The van der Waals surface area contributed by atoms with Gasteiger partial charge in [-0.25, -0.2) is 0 Å². The molecule has 0 aliphatic carbocycles. The Hall–Kier alpha value is -1.80. The molecule has 0 saturated heterocycles. The molecule has 0 unspecified atom stereocenters. The summed E-state index contributed by atoms with van der Waals surface area (Å²) in [5.41, 5.74) is 1.11. The Morgan fingerprint density at radius 1 is 1.05 bits per heavy atom. The molecule has 7 heteroatoms. The lowest BCUT2D eigenvalue weighted by Gasteiger charge is -2.13. The van der Waals surface area contributed by atoms with Gasteiger partial charge >= 0.3 is 0 Å². The number of carbonyl (C=O) groups excluding carboxylic acids is 1. The Balaban J connectivity index is 2.67. The van der Waals surface area contributed by atoms with Crippen LogP contribution in [0.5, 0.6) is 0 Å². The second kappa shape index (κ2) is 9.19. The molecule has 1 aromatic rings. The Morgan fingerprint density at radius 3 is 2.10 bits per heavy atom. The van der Waals surface area contributed by atoms with Crippen molar-refractivity contribution in [2.45, 2.75) is 12.1 Å². The van der Waals surface area contributed by atoms with Crippen molar-refractivity contribution in [1.29, 1.82) is 0 Å². The summed E-state index contributed by atoms with van der Waals surface area (Å²) in [6, 6.07) is 5.25. The SMILES string of the molecule is O=C(NC(CO)CO)c1ccc(C=NC(CO)CO)cc1. The zero-order chi connectivity index (χ0) is 15.7. The van der Waals surface area contributed by atoms with Crippen LogP contribution in [-0.4, -0.2) is 71.1 Å². The van der Waals surface area contributed by atoms with Gasteiger partial charge < -0.3 is 25.7 Å². The van der Waals surface area contributed by atoms with Crippen LogP contribution in [0.2, 0.25) is 0 Å². The number of nitrogens with zero attached hydrogens (tertiary/aromatic N) is 1. The molecule has 0 heterocycles. The van der Waals surface area contributed by atoms with Crippen molar-refractivity contribution in [3.63, 3.8) is 0 Å². The summed E-state index contributed by atoms with van der Waals surface area (Å²) in [4.78, 5) is 15.8. The van der Waals surface area contributed by atoms with Crippen LogP contribution >= 0.6 is 0 Å². The Kier molecular flexibility index (Phi) is 7.55. The van der Waals surface area contributed by atoms with E-state index in [1.54, 1.807) is 24.3 Å². The average Bonchev–Trinajstić information content (AvgIpc) is 2.53. The van der Waals surface area contributed by atoms with Crippen LogP contribution < -0.4 is 5.32 Å². The standard InChI is InChI=1S/C14H20N2O5/c17-6-12(7-18)15-5-10-1-3-11(4-2-10)14(21)16-13(8-19)9-20/h1-5,12-13,17-20H,6-9H2,(H,16,21). The Labute approximate surface area is 122 Å². The van der Waals surface area contributed by atoms with Gasteiger partial charge in [0.2, 0.25) is 0 Å². The third kappa shape index (κ3) is 5.60. The van der Waals surface area contributed by atoms with Gasteiger partial charge in [0.25, 0.3) is 5.91 Å². The number of nitrogens with one attached hydrogen (secondary N) is 1. The Bertz CT molecular complexity index is 453. The van der Waals surface area contributed by atoms with Gasteiger partial charge in [0.15, 0.2) is 0 Å². The first-order chi connectivity index (χ1) is 10.1. The van der Waals surface area contributed by atoms with E-state index in [4.69, 9.17) is 20.4 Å².